The van der Waals surface area contributed by atoms with Crippen molar-refractivity contribution in [1.82, 2.24) is 29.5 Å². The van der Waals surface area contributed by atoms with Crippen LogP contribution in [-0.2, 0) is 16.2 Å². The Balaban J connectivity index is 1.30. The molecule has 2 amide bonds. The second-order valence-electron chi connectivity index (χ2n) is 10.4. The molecule has 1 saturated heterocycles. The van der Waals surface area contributed by atoms with Crippen LogP contribution in [0, 0.1) is 18.6 Å². The molecule has 0 aliphatic carbocycles. The maximum Gasteiger partial charge on any atom is 0.320 e. The Labute approximate surface area is 251 Å². The number of pyridine rings is 1. The highest BCUT2D eigenvalue weighted by Gasteiger charge is 2.37. The van der Waals surface area contributed by atoms with Crippen LogP contribution in [0.1, 0.15) is 22.9 Å². The van der Waals surface area contributed by atoms with Crippen molar-refractivity contribution in [2.45, 2.75) is 25.7 Å². The minimum Gasteiger partial charge on any atom is -0.390 e. The van der Waals surface area contributed by atoms with Gasteiger partial charge in [0.15, 0.2) is 11.6 Å². The van der Waals surface area contributed by atoms with Crippen LogP contribution >= 0.6 is 0 Å². The number of nitrogens with zero attached hydrogens (tertiary/aromatic N) is 5. The van der Waals surface area contributed by atoms with Gasteiger partial charge in [0.25, 0.3) is 0 Å². The van der Waals surface area contributed by atoms with E-state index in [1.807, 2.05) is 60.0 Å². The van der Waals surface area contributed by atoms with E-state index in [1.54, 1.807) is 23.1 Å². The van der Waals surface area contributed by atoms with Crippen molar-refractivity contribution in [3.8, 4) is 16.9 Å². The molecule has 0 saturated carbocycles. The molecule has 228 valence electrons. The number of para-hydroxylation sites is 1. The van der Waals surface area contributed by atoms with Gasteiger partial charge in [0.05, 0.1) is 36.3 Å². The summed E-state index contributed by atoms with van der Waals surface area (Å²) in [6, 6.07) is 15.6. The summed E-state index contributed by atoms with van der Waals surface area (Å²) in [7, 11) is 1.57. The number of methoxy groups -OCH3 is 1. The number of urea groups is 1. The van der Waals surface area contributed by atoms with Crippen molar-refractivity contribution in [1.29, 1.82) is 0 Å². The second-order valence-corrected chi connectivity index (χ2v) is 10.4. The molecule has 2 atom stereocenters. The van der Waals surface area contributed by atoms with Gasteiger partial charge in [-0.25, -0.2) is 23.2 Å². The second kappa shape index (κ2) is 12.5. The summed E-state index contributed by atoms with van der Waals surface area (Å²) in [6.45, 7) is 2.79. The summed E-state index contributed by atoms with van der Waals surface area (Å²) < 4.78 is 36.4. The molecule has 44 heavy (non-hydrogen) atoms. The monoisotopic (exact) mass is 603 g/mol. The van der Waals surface area contributed by atoms with Crippen LogP contribution < -0.4 is 10.6 Å². The van der Waals surface area contributed by atoms with Gasteiger partial charge in [0.2, 0.25) is 0 Å². The van der Waals surface area contributed by atoms with E-state index < -0.39 is 29.8 Å². The molecule has 3 aromatic heterocycles. The first-order valence-electron chi connectivity index (χ1n) is 14.0. The lowest BCUT2D eigenvalue weighted by molar-refractivity contribution is -0.154. The van der Waals surface area contributed by atoms with Crippen LogP contribution in [0.5, 0.6) is 0 Å². The van der Waals surface area contributed by atoms with Crippen molar-refractivity contribution in [2.24, 2.45) is 0 Å². The molecule has 4 heterocycles. The van der Waals surface area contributed by atoms with Gasteiger partial charge < -0.3 is 19.6 Å². The van der Waals surface area contributed by atoms with Crippen molar-refractivity contribution in [3.63, 3.8) is 0 Å². The number of hydrogen-bond acceptors (Lipinski definition) is 7. The average molecular weight is 604 g/mol. The zero-order valence-corrected chi connectivity index (χ0v) is 24.1. The van der Waals surface area contributed by atoms with Crippen LogP contribution in [0.2, 0.25) is 0 Å². The van der Waals surface area contributed by atoms with E-state index in [9.17, 15) is 18.7 Å². The molecule has 2 aromatic carbocycles. The quantitative estimate of drug-likeness (QED) is 0.229. The first-order valence-corrected chi connectivity index (χ1v) is 14.0. The van der Waals surface area contributed by atoms with Gasteiger partial charge >= 0.3 is 6.03 Å². The number of hydroxylamine groups is 2. The molecule has 0 spiro atoms. The molecule has 0 radical (unpaired) electrons. The molecule has 1 aliphatic rings. The van der Waals surface area contributed by atoms with E-state index in [2.05, 4.69) is 15.6 Å². The topological polar surface area (TPSA) is 118 Å². The summed E-state index contributed by atoms with van der Waals surface area (Å²) in [5.41, 5.74) is 4.49. The number of carbonyl (C=O) groups is 1. The fourth-order valence-corrected chi connectivity index (χ4v) is 5.28. The van der Waals surface area contributed by atoms with Crippen molar-refractivity contribution >= 4 is 17.5 Å². The maximum atomic E-state index is 14.1. The molecule has 0 bridgehead atoms. The minimum absolute atomic E-state index is 0.172. The number of imidazole rings is 1. The average Bonchev–Trinajstić information content (AvgIpc) is 3.73. The Morgan fingerprint density at radius 1 is 1.11 bits per heavy atom. The number of aliphatic hydroxyl groups is 1. The molecule has 3 N–H and O–H groups in total. The van der Waals surface area contributed by atoms with E-state index in [4.69, 9.17) is 14.7 Å². The Hall–Kier alpha value is -4.69. The van der Waals surface area contributed by atoms with Crippen LogP contribution in [0.15, 0.2) is 73.1 Å². The number of fused-ring (bicyclic) bond motifs is 1. The number of ether oxygens (including phenoxy) is 1. The standard InChI is InChI=1S/C31H31F2N7O4/c1-19-28(21-9-11-27-34-22(18-41)16-38(27)15-21)37-40(23-6-4-3-5-7-23)30(19)36-31(42)35-26-17-39(12-13-43-2)44-29(26)20-8-10-24(32)25(33)14-20/h3-11,14-16,26,29,41H,12-13,17-18H2,1-2H3,(H2,35,36,42)/t26-,29+/m1/s1. The summed E-state index contributed by atoms with van der Waals surface area (Å²) in [5.74, 6) is -1.52. The van der Waals surface area contributed by atoms with Crippen molar-refractivity contribution in [3.05, 3.63) is 102 Å². The normalized spacial score (nSPS) is 16.9. The number of nitrogens with one attached hydrogen (secondary N) is 2. The van der Waals surface area contributed by atoms with Gasteiger partial charge in [-0.15, -0.1) is 0 Å². The van der Waals surface area contributed by atoms with Crippen molar-refractivity contribution < 1.29 is 28.3 Å². The maximum absolute atomic E-state index is 14.1. The molecular weight excluding hydrogens is 572 g/mol. The first kappa shape index (κ1) is 29.4. The number of aromatic nitrogens is 4. The Kier molecular flexibility index (Phi) is 8.35. The molecule has 1 fully saturated rings. The largest absolute Gasteiger partial charge is 0.390 e. The minimum atomic E-state index is -0.999. The predicted molar refractivity (Wildman–Crippen MR) is 158 cm³/mol. The molecule has 0 unspecified atom stereocenters. The highest BCUT2D eigenvalue weighted by Crippen LogP contribution is 2.32. The number of carbonyl (C=O) groups excluding carboxylic acids is 1. The van der Waals surface area contributed by atoms with E-state index in [-0.39, 0.29) is 6.61 Å². The van der Waals surface area contributed by atoms with Gasteiger partial charge in [-0.1, -0.05) is 24.3 Å². The van der Waals surface area contributed by atoms with E-state index in [0.717, 1.165) is 23.4 Å². The summed E-state index contributed by atoms with van der Waals surface area (Å²) in [5, 5.41) is 21.9. The summed E-state index contributed by atoms with van der Waals surface area (Å²) >= 11 is 0. The fraction of sp³-hybridized carbons (Fsp3) is 0.258. The number of benzene rings is 2. The smallest absolute Gasteiger partial charge is 0.320 e. The third-order valence-corrected chi connectivity index (χ3v) is 7.45. The summed E-state index contributed by atoms with van der Waals surface area (Å²) in [6.07, 6.45) is 2.86. The van der Waals surface area contributed by atoms with Crippen LogP contribution in [-0.4, -0.2) is 68.2 Å². The number of halogens is 2. The number of anilines is 1. The molecule has 5 aromatic rings. The van der Waals surface area contributed by atoms with Gasteiger partial charge in [-0.3, -0.25) is 10.2 Å². The zero-order valence-electron chi connectivity index (χ0n) is 24.1. The Morgan fingerprint density at radius 3 is 2.68 bits per heavy atom. The summed E-state index contributed by atoms with van der Waals surface area (Å²) in [4.78, 5) is 23.9. The Bertz CT molecular complexity index is 1790. The number of rotatable bonds is 9. The van der Waals surface area contributed by atoms with Gasteiger partial charge in [0, 0.05) is 43.7 Å². The van der Waals surface area contributed by atoms with Gasteiger partial charge in [-0.2, -0.15) is 10.2 Å². The molecule has 1 aliphatic heterocycles. The number of amides is 2. The van der Waals surface area contributed by atoms with E-state index in [1.165, 1.54) is 6.07 Å². The lowest BCUT2D eigenvalue weighted by atomic mass is 10.0. The molecule has 6 rings (SSSR count). The predicted octanol–water partition coefficient (Wildman–Crippen LogP) is 4.39. The van der Waals surface area contributed by atoms with Crippen molar-refractivity contribution in [2.75, 3.05) is 32.1 Å². The number of hydrogen-bond donors (Lipinski definition) is 3. The number of aliphatic hydroxyl groups excluding tert-OH is 1. The zero-order chi connectivity index (χ0) is 30.8. The molecular formula is C31H31F2N7O4. The lowest BCUT2D eigenvalue weighted by Gasteiger charge is -2.20. The van der Waals surface area contributed by atoms with Gasteiger partial charge in [0.1, 0.15) is 17.6 Å². The van der Waals surface area contributed by atoms with Gasteiger partial charge in [-0.05, 0) is 48.9 Å². The Morgan fingerprint density at radius 2 is 1.93 bits per heavy atom. The molecule has 11 nitrogen and oxygen atoms in total. The van der Waals surface area contributed by atoms with E-state index in [0.29, 0.717) is 53.7 Å². The van der Waals surface area contributed by atoms with E-state index >= 15 is 0 Å². The third kappa shape index (κ3) is 5.90. The van der Waals surface area contributed by atoms with Crippen LogP contribution in [0.3, 0.4) is 0 Å². The third-order valence-electron chi connectivity index (χ3n) is 7.45. The molecule has 13 heteroatoms. The first-order chi connectivity index (χ1) is 21.3. The highest BCUT2D eigenvalue weighted by molar-refractivity contribution is 5.91. The SMILES string of the molecule is COCCN1C[C@@H](NC(=O)Nc2c(C)c(-c3ccc4nc(CO)cn4c3)nn2-c2ccccc2)[C@H](c2ccc(F)c(F)c2)O1. The fourth-order valence-electron chi connectivity index (χ4n) is 5.28. The van der Waals surface area contributed by atoms with Crippen LogP contribution in [0.25, 0.3) is 22.6 Å². The highest BCUT2D eigenvalue weighted by atomic mass is 19.2. The lowest BCUT2D eigenvalue weighted by Crippen LogP contribution is -2.42. The van der Waals surface area contributed by atoms with Crippen LogP contribution in [0.4, 0.5) is 19.4 Å².